The summed E-state index contributed by atoms with van der Waals surface area (Å²) in [6.45, 7) is 0.231. The molecule has 1 aliphatic rings. The van der Waals surface area contributed by atoms with Gasteiger partial charge < -0.3 is 14.2 Å². The highest BCUT2D eigenvalue weighted by molar-refractivity contribution is 5.93. The maximum atomic E-state index is 11.9. The van der Waals surface area contributed by atoms with Crippen LogP contribution in [0.1, 0.15) is 10.4 Å². The first-order chi connectivity index (χ1) is 10.6. The zero-order valence-electron chi connectivity index (χ0n) is 11.1. The van der Waals surface area contributed by atoms with Crippen molar-refractivity contribution >= 4 is 12.4 Å². The Kier molecular flexibility index (Phi) is 5.02. The van der Waals surface area contributed by atoms with Crippen LogP contribution in [0.15, 0.2) is 42.5 Å². The third-order valence-corrected chi connectivity index (χ3v) is 2.57. The molecule has 0 saturated heterocycles. The van der Waals surface area contributed by atoms with Gasteiger partial charge in [0.25, 0.3) is 0 Å². The van der Waals surface area contributed by atoms with Gasteiger partial charge in [0.1, 0.15) is 11.6 Å². The molecule has 2 aromatic carbocycles. The van der Waals surface area contributed by atoms with E-state index < -0.39 is 17.6 Å². The second-order valence-electron chi connectivity index (χ2n) is 4.01. The normalized spacial score (nSPS) is 11.2. The highest BCUT2D eigenvalue weighted by Gasteiger charge is 2.16. The maximum absolute atomic E-state index is 11.9. The van der Waals surface area contributed by atoms with E-state index in [1.807, 2.05) is 0 Å². The van der Waals surface area contributed by atoms with Crippen LogP contribution >= 0.6 is 0 Å². The van der Waals surface area contributed by atoms with Crippen LogP contribution in [0.5, 0.6) is 11.5 Å². The molecule has 0 atom stereocenters. The Morgan fingerprint density at radius 2 is 1.59 bits per heavy atom. The lowest BCUT2D eigenvalue weighted by Gasteiger charge is -1.99. The van der Waals surface area contributed by atoms with Gasteiger partial charge in [-0.05, 0) is 42.5 Å². The molecule has 0 amide bonds. The standard InChI is InChI=1S/C9H6O5.C6H4F2/c10-4-12-9(11)6-1-2-7-8(3-6)14-5-13-7;7-5-1-2-6(8)4-3-5/h1-4H,5H2;1-4H. The van der Waals surface area contributed by atoms with Gasteiger partial charge in [-0.1, -0.05) is 0 Å². The Labute approximate surface area is 124 Å². The first kappa shape index (κ1) is 15.4. The smallest absolute Gasteiger partial charge is 0.345 e. The number of halogens is 2. The van der Waals surface area contributed by atoms with E-state index in [4.69, 9.17) is 9.47 Å². The Bertz CT molecular complexity index is 649. The number of rotatable bonds is 2. The molecule has 0 unspecified atom stereocenters. The fourth-order valence-electron chi connectivity index (χ4n) is 1.56. The number of benzene rings is 2. The summed E-state index contributed by atoms with van der Waals surface area (Å²) in [7, 11) is 0. The molecule has 0 fully saturated rings. The molecule has 1 heterocycles. The fraction of sp³-hybridized carbons (Fsp3) is 0.0667. The van der Waals surface area contributed by atoms with Gasteiger partial charge in [0.2, 0.25) is 6.79 Å². The molecule has 0 radical (unpaired) electrons. The van der Waals surface area contributed by atoms with Gasteiger partial charge in [0.05, 0.1) is 5.56 Å². The molecular weight excluding hydrogens is 298 g/mol. The Hall–Kier alpha value is -2.96. The van der Waals surface area contributed by atoms with Crippen molar-refractivity contribution in [3.8, 4) is 11.5 Å². The monoisotopic (exact) mass is 308 g/mol. The molecule has 7 heteroatoms. The minimum absolute atomic E-state index is 0.0902. The predicted octanol–water partition coefficient (Wildman–Crippen LogP) is 2.69. The van der Waals surface area contributed by atoms with Crippen LogP contribution in [0.2, 0.25) is 0 Å². The van der Waals surface area contributed by atoms with Crippen LogP contribution in [0.4, 0.5) is 8.78 Å². The molecule has 114 valence electrons. The number of hydrogen-bond donors (Lipinski definition) is 0. The van der Waals surface area contributed by atoms with E-state index in [9.17, 15) is 18.4 Å². The van der Waals surface area contributed by atoms with Crippen LogP contribution in [-0.4, -0.2) is 19.2 Å². The van der Waals surface area contributed by atoms with Crippen LogP contribution in [-0.2, 0) is 9.53 Å². The number of fused-ring (bicyclic) bond motifs is 1. The summed E-state index contributed by atoms with van der Waals surface area (Å²) in [5.74, 6) is -0.478. The van der Waals surface area contributed by atoms with Gasteiger partial charge >= 0.3 is 12.4 Å². The first-order valence-electron chi connectivity index (χ1n) is 6.05. The van der Waals surface area contributed by atoms with E-state index in [1.165, 1.54) is 12.1 Å². The van der Waals surface area contributed by atoms with Gasteiger partial charge in [0.15, 0.2) is 11.5 Å². The van der Waals surface area contributed by atoms with E-state index in [0.29, 0.717) is 11.5 Å². The zero-order valence-corrected chi connectivity index (χ0v) is 11.1. The number of ether oxygens (including phenoxy) is 3. The van der Waals surface area contributed by atoms with Crippen molar-refractivity contribution in [3.63, 3.8) is 0 Å². The summed E-state index contributed by atoms with van der Waals surface area (Å²) in [6, 6.07) is 8.87. The van der Waals surface area contributed by atoms with Gasteiger partial charge in [-0.2, -0.15) is 0 Å². The molecule has 1 aliphatic heterocycles. The Morgan fingerprint density at radius 1 is 1.00 bits per heavy atom. The van der Waals surface area contributed by atoms with Gasteiger partial charge in [-0.3, -0.25) is 4.79 Å². The third-order valence-electron chi connectivity index (χ3n) is 2.57. The largest absolute Gasteiger partial charge is 0.454 e. The highest BCUT2D eigenvalue weighted by Crippen LogP contribution is 2.32. The summed E-state index contributed by atoms with van der Waals surface area (Å²) in [5.41, 5.74) is 0.251. The minimum atomic E-state index is -0.710. The van der Waals surface area contributed by atoms with Crippen LogP contribution in [0.25, 0.3) is 0 Å². The van der Waals surface area contributed by atoms with Gasteiger partial charge in [-0.25, -0.2) is 13.6 Å². The summed E-state index contributed by atoms with van der Waals surface area (Å²) >= 11 is 0. The molecule has 0 spiro atoms. The number of esters is 1. The Morgan fingerprint density at radius 3 is 2.18 bits per heavy atom. The van der Waals surface area contributed by atoms with E-state index >= 15 is 0 Å². The molecule has 3 rings (SSSR count). The Balaban J connectivity index is 0.000000188. The average Bonchev–Trinajstić information content (AvgIpc) is 2.98. The molecule has 0 aliphatic carbocycles. The lowest BCUT2D eigenvalue weighted by atomic mass is 10.2. The summed E-state index contributed by atoms with van der Waals surface area (Å²) in [4.78, 5) is 21.0. The van der Waals surface area contributed by atoms with Crippen LogP contribution in [0, 0.1) is 11.6 Å². The lowest BCUT2D eigenvalue weighted by molar-refractivity contribution is -0.123. The first-order valence-corrected chi connectivity index (χ1v) is 6.05. The number of carbonyl (C=O) groups excluding carboxylic acids is 2. The number of carbonyl (C=O) groups is 2. The predicted molar refractivity (Wildman–Crippen MR) is 70.4 cm³/mol. The number of hydrogen-bond acceptors (Lipinski definition) is 5. The van der Waals surface area contributed by atoms with Crippen molar-refractivity contribution in [2.24, 2.45) is 0 Å². The third kappa shape index (κ3) is 4.02. The second-order valence-corrected chi connectivity index (χ2v) is 4.01. The summed E-state index contributed by atoms with van der Waals surface area (Å²) in [6.07, 6.45) is 0. The lowest BCUT2D eigenvalue weighted by Crippen LogP contribution is -2.02. The van der Waals surface area contributed by atoms with Crippen molar-refractivity contribution in [2.45, 2.75) is 0 Å². The van der Waals surface area contributed by atoms with E-state index in [1.54, 1.807) is 6.07 Å². The fourth-order valence-corrected chi connectivity index (χ4v) is 1.56. The molecule has 5 nitrogen and oxygen atoms in total. The van der Waals surface area contributed by atoms with Crippen molar-refractivity contribution in [2.75, 3.05) is 6.79 Å². The van der Waals surface area contributed by atoms with Gasteiger partial charge in [-0.15, -0.1) is 0 Å². The highest BCUT2D eigenvalue weighted by atomic mass is 19.1. The molecule has 0 saturated carbocycles. The molecular formula is C15H10F2O5. The van der Waals surface area contributed by atoms with Crippen LogP contribution in [0.3, 0.4) is 0 Å². The van der Waals surface area contributed by atoms with Crippen molar-refractivity contribution < 1.29 is 32.6 Å². The molecule has 0 N–H and O–H groups in total. The average molecular weight is 308 g/mol. The minimum Gasteiger partial charge on any atom is -0.454 e. The topological polar surface area (TPSA) is 61.8 Å². The van der Waals surface area contributed by atoms with Crippen LogP contribution < -0.4 is 9.47 Å². The molecule has 0 aromatic heterocycles. The van der Waals surface area contributed by atoms with E-state index in [-0.39, 0.29) is 18.8 Å². The summed E-state index contributed by atoms with van der Waals surface area (Å²) < 4.78 is 38.1. The summed E-state index contributed by atoms with van der Waals surface area (Å²) in [5, 5.41) is 0. The molecule has 0 bridgehead atoms. The quantitative estimate of drug-likeness (QED) is 0.485. The maximum Gasteiger partial charge on any atom is 0.345 e. The van der Waals surface area contributed by atoms with E-state index in [0.717, 1.165) is 24.3 Å². The molecule has 2 aromatic rings. The SMILES string of the molecule is Fc1ccc(F)cc1.O=COC(=O)c1ccc2c(c1)OCO2. The van der Waals surface area contributed by atoms with Crippen molar-refractivity contribution in [1.29, 1.82) is 0 Å². The van der Waals surface area contributed by atoms with Crippen molar-refractivity contribution in [3.05, 3.63) is 59.7 Å². The molecule has 22 heavy (non-hydrogen) atoms. The van der Waals surface area contributed by atoms with Gasteiger partial charge in [0, 0.05) is 0 Å². The van der Waals surface area contributed by atoms with Crippen molar-refractivity contribution in [1.82, 2.24) is 0 Å². The van der Waals surface area contributed by atoms with E-state index in [2.05, 4.69) is 4.74 Å². The zero-order chi connectivity index (χ0) is 15.9. The second kappa shape index (κ2) is 7.16.